The van der Waals surface area contributed by atoms with E-state index in [4.69, 9.17) is 5.10 Å². The zero-order valence-corrected chi connectivity index (χ0v) is 12.9. The van der Waals surface area contributed by atoms with Crippen LogP contribution >= 0.6 is 15.9 Å². The number of hydrogen-bond donors (Lipinski definition) is 1. The molecule has 0 atom stereocenters. The fourth-order valence-electron chi connectivity index (χ4n) is 2.51. The highest BCUT2D eigenvalue weighted by Gasteiger charge is 2.26. The molecule has 2 saturated carbocycles. The van der Waals surface area contributed by atoms with Gasteiger partial charge in [-0.1, -0.05) is 22.0 Å². The maximum Gasteiger partial charge on any atom is 0.0701 e. The molecule has 104 valence electrons. The summed E-state index contributed by atoms with van der Waals surface area (Å²) < 4.78 is 3.13. The van der Waals surface area contributed by atoms with Crippen LogP contribution in [-0.4, -0.2) is 15.8 Å². The average Bonchev–Trinajstić information content (AvgIpc) is 3.37. The molecule has 20 heavy (non-hydrogen) atoms. The summed E-state index contributed by atoms with van der Waals surface area (Å²) in [6.45, 7) is 0.923. The predicted molar refractivity (Wildman–Crippen MR) is 83.1 cm³/mol. The number of benzene rings is 1. The first-order valence-electron chi connectivity index (χ1n) is 7.37. The smallest absolute Gasteiger partial charge is 0.0701 e. The Hall–Kier alpha value is -1.13. The summed E-state index contributed by atoms with van der Waals surface area (Å²) in [4.78, 5) is 0. The van der Waals surface area contributed by atoms with Crippen molar-refractivity contribution in [3.8, 4) is 5.69 Å². The zero-order valence-electron chi connectivity index (χ0n) is 11.3. The Morgan fingerprint density at radius 2 is 2.05 bits per heavy atom. The lowest BCUT2D eigenvalue weighted by atomic mass is 10.2. The molecular weight excluding hydrogens is 314 g/mol. The van der Waals surface area contributed by atoms with Crippen molar-refractivity contribution in [2.75, 3.05) is 0 Å². The Bertz CT molecular complexity index is 626. The topological polar surface area (TPSA) is 29.9 Å². The molecule has 4 heteroatoms. The monoisotopic (exact) mass is 331 g/mol. The van der Waals surface area contributed by atoms with Gasteiger partial charge in [-0.2, -0.15) is 5.10 Å². The van der Waals surface area contributed by atoms with Gasteiger partial charge in [-0.25, -0.2) is 4.68 Å². The third kappa shape index (κ3) is 2.67. The summed E-state index contributed by atoms with van der Waals surface area (Å²) in [6, 6.07) is 9.35. The van der Waals surface area contributed by atoms with Crippen LogP contribution in [0.15, 0.2) is 34.9 Å². The van der Waals surface area contributed by atoms with Gasteiger partial charge in [0, 0.05) is 29.2 Å². The molecule has 1 heterocycles. The van der Waals surface area contributed by atoms with Crippen molar-refractivity contribution in [1.82, 2.24) is 15.1 Å². The summed E-state index contributed by atoms with van der Waals surface area (Å²) in [6.07, 6.45) is 7.33. The highest BCUT2D eigenvalue weighted by molar-refractivity contribution is 9.10. The van der Waals surface area contributed by atoms with Crippen molar-refractivity contribution < 1.29 is 0 Å². The van der Waals surface area contributed by atoms with E-state index in [0.29, 0.717) is 5.92 Å². The molecule has 0 amide bonds. The van der Waals surface area contributed by atoms with E-state index in [-0.39, 0.29) is 0 Å². The summed E-state index contributed by atoms with van der Waals surface area (Å²) in [5.41, 5.74) is 3.73. The summed E-state index contributed by atoms with van der Waals surface area (Å²) in [5.74, 6) is 0.705. The van der Waals surface area contributed by atoms with Crippen molar-refractivity contribution in [3.63, 3.8) is 0 Å². The van der Waals surface area contributed by atoms with E-state index in [1.807, 2.05) is 4.68 Å². The first kappa shape index (κ1) is 12.6. The second-order valence-corrected chi connectivity index (χ2v) is 6.80. The lowest BCUT2D eigenvalue weighted by Gasteiger charge is -2.11. The third-order valence-electron chi connectivity index (χ3n) is 4.06. The predicted octanol–water partition coefficient (Wildman–Crippen LogP) is 3.76. The molecule has 2 aliphatic carbocycles. The van der Waals surface area contributed by atoms with Gasteiger partial charge in [-0.3, -0.25) is 0 Å². The van der Waals surface area contributed by atoms with E-state index in [9.17, 15) is 0 Å². The molecule has 0 unspecified atom stereocenters. The van der Waals surface area contributed by atoms with E-state index in [0.717, 1.165) is 17.1 Å². The SMILES string of the molecule is Brc1ccc(CNC2CC2)c(-n2ccc(C3CC3)n2)c1. The van der Waals surface area contributed by atoms with Crippen LogP contribution in [0.5, 0.6) is 0 Å². The van der Waals surface area contributed by atoms with Crippen LogP contribution in [0.4, 0.5) is 0 Å². The minimum atomic E-state index is 0.705. The summed E-state index contributed by atoms with van der Waals surface area (Å²) in [7, 11) is 0. The van der Waals surface area contributed by atoms with E-state index >= 15 is 0 Å². The van der Waals surface area contributed by atoms with Gasteiger partial charge in [0.15, 0.2) is 0 Å². The van der Waals surface area contributed by atoms with Gasteiger partial charge in [-0.15, -0.1) is 0 Å². The van der Waals surface area contributed by atoms with Gasteiger partial charge in [0.1, 0.15) is 0 Å². The molecule has 3 nitrogen and oxygen atoms in total. The molecule has 2 aliphatic rings. The highest BCUT2D eigenvalue weighted by Crippen LogP contribution is 2.39. The quantitative estimate of drug-likeness (QED) is 0.903. The molecule has 0 aliphatic heterocycles. The number of nitrogens with zero attached hydrogens (tertiary/aromatic N) is 2. The van der Waals surface area contributed by atoms with Gasteiger partial charge in [0.05, 0.1) is 11.4 Å². The normalized spacial score (nSPS) is 18.4. The van der Waals surface area contributed by atoms with Crippen molar-refractivity contribution >= 4 is 15.9 Å². The van der Waals surface area contributed by atoms with Crippen molar-refractivity contribution in [2.45, 2.75) is 44.2 Å². The number of hydrogen-bond acceptors (Lipinski definition) is 2. The fraction of sp³-hybridized carbons (Fsp3) is 0.438. The summed E-state index contributed by atoms with van der Waals surface area (Å²) in [5, 5.41) is 8.34. The molecular formula is C16H18BrN3. The lowest BCUT2D eigenvalue weighted by Crippen LogP contribution is -2.17. The molecule has 0 saturated heterocycles. The molecule has 2 aromatic rings. The Kier molecular flexibility index (Phi) is 3.15. The Labute approximate surface area is 127 Å². The maximum atomic E-state index is 4.76. The molecule has 1 aromatic carbocycles. The van der Waals surface area contributed by atoms with Gasteiger partial charge in [-0.05, 0) is 49.4 Å². The minimum Gasteiger partial charge on any atom is -0.310 e. The molecule has 1 aromatic heterocycles. The van der Waals surface area contributed by atoms with Crippen LogP contribution in [-0.2, 0) is 6.54 Å². The van der Waals surface area contributed by atoms with Crippen LogP contribution in [0.1, 0.15) is 42.9 Å². The largest absolute Gasteiger partial charge is 0.310 e. The molecule has 0 bridgehead atoms. The zero-order chi connectivity index (χ0) is 13.5. The van der Waals surface area contributed by atoms with Crippen LogP contribution < -0.4 is 5.32 Å². The van der Waals surface area contributed by atoms with Crippen LogP contribution in [0.3, 0.4) is 0 Å². The average molecular weight is 332 g/mol. The first-order valence-corrected chi connectivity index (χ1v) is 8.16. The maximum absolute atomic E-state index is 4.76. The highest BCUT2D eigenvalue weighted by atomic mass is 79.9. The molecule has 0 spiro atoms. The van der Waals surface area contributed by atoms with Gasteiger partial charge in [0.25, 0.3) is 0 Å². The second kappa shape index (κ2) is 5.01. The van der Waals surface area contributed by atoms with Crippen LogP contribution in [0.25, 0.3) is 5.69 Å². The number of nitrogens with one attached hydrogen (secondary N) is 1. The van der Waals surface area contributed by atoms with E-state index in [2.05, 4.69) is 51.7 Å². The van der Waals surface area contributed by atoms with Crippen LogP contribution in [0, 0.1) is 0 Å². The standard InChI is InChI=1S/C16H18BrN3/c17-13-4-3-12(10-18-14-5-6-14)16(9-13)20-8-7-15(19-20)11-1-2-11/h3-4,7-9,11,14,18H,1-2,5-6,10H2. The lowest BCUT2D eigenvalue weighted by molar-refractivity contribution is 0.680. The first-order chi connectivity index (χ1) is 9.79. The van der Waals surface area contributed by atoms with E-state index in [1.54, 1.807) is 0 Å². The van der Waals surface area contributed by atoms with Gasteiger partial charge < -0.3 is 5.32 Å². The number of aromatic nitrogens is 2. The van der Waals surface area contributed by atoms with Gasteiger partial charge >= 0.3 is 0 Å². The third-order valence-corrected chi connectivity index (χ3v) is 4.55. The van der Waals surface area contributed by atoms with Crippen molar-refractivity contribution in [1.29, 1.82) is 0 Å². The minimum absolute atomic E-state index is 0.705. The molecule has 0 radical (unpaired) electrons. The molecule has 4 rings (SSSR count). The Morgan fingerprint density at radius 3 is 2.80 bits per heavy atom. The van der Waals surface area contributed by atoms with Crippen molar-refractivity contribution in [3.05, 3.63) is 46.2 Å². The number of halogens is 1. The van der Waals surface area contributed by atoms with Crippen molar-refractivity contribution in [2.24, 2.45) is 0 Å². The Balaban J connectivity index is 1.63. The molecule has 1 N–H and O–H groups in total. The van der Waals surface area contributed by atoms with Gasteiger partial charge in [0.2, 0.25) is 0 Å². The van der Waals surface area contributed by atoms with Crippen LogP contribution in [0.2, 0.25) is 0 Å². The second-order valence-electron chi connectivity index (χ2n) is 5.89. The summed E-state index contributed by atoms with van der Waals surface area (Å²) >= 11 is 3.57. The molecule has 2 fully saturated rings. The van der Waals surface area contributed by atoms with E-state index in [1.165, 1.54) is 42.6 Å². The fourth-order valence-corrected chi connectivity index (χ4v) is 2.86. The Morgan fingerprint density at radius 1 is 1.20 bits per heavy atom. The number of rotatable bonds is 5. The van der Waals surface area contributed by atoms with E-state index < -0.39 is 0 Å².